The van der Waals surface area contributed by atoms with Gasteiger partial charge in [-0.05, 0) is 34.9 Å². The van der Waals surface area contributed by atoms with E-state index >= 15 is 0 Å². The van der Waals surface area contributed by atoms with Crippen LogP contribution in [0.4, 0.5) is 11.4 Å². The first-order valence-corrected chi connectivity index (χ1v) is 8.85. The van der Waals surface area contributed by atoms with E-state index in [-0.39, 0.29) is 11.8 Å². The number of carbonyl (C=O) groups excluding carboxylic acids is 2. The van der Waals surface area contributed by atoms with Crippen molar-refractivity contribution in [3.63, 3.8) is 0 Å². The molecule has 0 saturated heterocycles. The van der Waals surface area contributed by atoms with Crippen LogP contribution in [0.1, 0.15) is 33.5 Å². The third kappa shape index (κ3) is 3.28. The molecule has 0 bridgehead atoms. The zero-order valence-corrected chi connectivity index (χ0v) is 14.8. The van der Waals surface area contributed by atoms with Gasteiger partial charge in [-0.25, -0.2) is 0 Å². The molecule has 0 saturated carbocycles. The Kier molecular flexibility index (Phi) is 4.34. The van der Waals surface area contributed by atoms with Gasteiger partial charge in [-0.15, -0.1) is 0 Å². The van der Waals surface area contributed by atoms with Crippen molar-refractivity contribution in [3.05, 3.63) is 58.7 Å². The minimum absolute atomic E-state index is 0.0279. The molecule has 0 spiro atoms. The minimum Gasteiger partial charge on any atom is -0.372 e. The molecule has 2 amide bonds. The van der Waals surface area contributed by atoms with Crippen LogP contribution in [0.25, 0.3) is 0 Å². The second-order valence-electron chi connectivity index (χ2n) is 6.84. The number of anilines is 2. The van der Waals surface area contributed by atoms with Crippen molar-refractivity contribution in [2.24, 2.45) is 0 Å². The molecule has 0 radical (unpaired) electrons. The summed E-state index contributed by atoms with van der Waals surface area (Å²) in [5.74, 6) is -0.174. The summed E-state index contributed by atoms with van der Waals surface area (Å²) in [5.41, 5.74) is 5.87. The van der Waals surface area contributed by atoms with Gasteiger partial charge in [0.25, 0.3) is 5.91 Å². The normalized spacial score (nSPS) is 15.7. The van der Waals surface area contributed by atoms with Crippen molar-refractivity contribution in [1.82, 2.24) is 10.6 Å². The fourth-order valence-corrected chi connectivity index (χ4v) is 3.46. The Hall–Kier alpha value is -2.86. The molecule has 2 aromatic carbocycles. The van der Waals surface area contributed by atoms with Gasteiger partial charge in [-0.2, -0.15) is 0 Å². The highest BCUT2D eigenvalue weighted by Gasteiger charge is 2.18. The summed E-state index contributed by atoms with van der Waals surface area (Å²) in [6, 6.07) is 11.7. The highest BCUT2D eigenvalue weighted by molar-refractivity contribution is 6.00. The van der Waals surface area contributed by atoms with Crippen LogP contribution in [0, 0.1) is 0 Å². The smallest absolute Gasteiger partial charge is 0.251 e. The van der Waals surface area contributed by atoms with Gasteiger partial charge >= 0.3 is 0 Å². The number of fused-ring (bicyclic) bond motifs is 2. The molecule has 0 fully saturated rings. The van der Waals surface area contributed by atoms with Crippen LogP contribution in [-0.4, -0.2) is 25.4 Å². The lowest BCUT2D eigenvalue weighted by atomic mass is 10.1. The van der Waals surface area contributed by atoms with Crippen LogP contribution in [0.5, 0.6) is 0 Å². The van der Waals surface area contributed by atoms with E-state index in [0.717, 1.165) is 24.3 Å². The fourth-order valence-electron chi connectivity index (χ4n) is 3.46. The number of hydrogen-bond acceptors (Lipinski definition) is 4. The topological polar surface area (TPSA) is 73.5 Å². The standard InChI is InChI=1S/C20H22N4O2/c1-24-7-6-19(25)23-17-9-14(4-5-18(17)24)20(26)22-10-13-2-3-15-11-21-12-16(15)8-13/h2-5,8-9,21H,6-7,10-12H2,1H3,(H,22,26)(H,23,25). The molecule has 2 heterocycles. The lowest BCUT2D eigenvalue weighted by Crippen LogP contribution is -2.23. The number of nitrogens with zero attached hydrogens (tertiary/aromatic N) is 1. The SMILES string of the molecule is CN1CCC(=O)Nc2cc(C(=O)NCc3ccc4c(c3)CNC4)ccc21. The maximum Gasteiger partial charge on any atom is 0.251 e. The summed E-state index contributed by atoms with van der Waals surface area (Å²) in [5, 5.41) is 9.17. The van der Waals surface area contributed by atoms with E-state index < -0.39 is 0 Å². The first-order valence-electron chi connectivity index (χ1n) is 8.85. The van der Waals surface area contributed by atoms with E-state index in [1.807, 2.05) is 18.0 Å². The van der Waals surface area contributed by atoms with Crippen molar-refractivity contribution >= 4 is 23.2 Å². The molecule has 2 aliphatic rings. The predicted molar refractivity (Wildman–Crippen MR) is 101 cm³/mol. The van der Waals surface area contributed by atoms with E-state index in [9.17, 15) is 9.59 Å². The molecule has 0 aromatic heterocycles. The summed E-state index contributed by atoms with van der Waals surface area (Å²) in [6.45, 7) is 2.94. The molecular weight excluding hydrogens is 328 g/mol. The second kappa shape index (κ2) is 6.80. The second-order valence-corrected chi connectivity index (χ2v) is 6.84. The Morgan fingerprint density at radius 3 is 2.88 bits per heavy atom. The van der Waals surface area contributed by atoms with Crippen LogP contribution in [-0.2, 0) is 24.4 Å². The van der Waals surface area contributed by atoms with Crippen molar-refractivity contribution < 1.29 is 9.59 Å². The zero-order chi connectivity index (χ0) is 18.1. The predicted octanol–water partition coefficient (Wildman–Crippen LogP) is 2.00. The maximum atomic E-state index is 12.5. The van der Waals surface area contributed by atoms with Crippen LogP contribution >= 0.6 is 0 Å². The van der Waals surface area contributed by atoms with Crippen molar-refractivity contribution in [3.8, 4) is 0 Å². The van der Waals surface area contributed by atoms with E-state index in [2.05, 4.69) is 34.1 Å². The van der Waals surface area contributed by atoms with Gasteiger partial charge in [-0.3, -0.25) is 9.59 Å². The molecule has 2 aliphatic heterocycles. The minimum atomic E-state index is -0.146. The third-order valence-corrected chi connectivity index (χ3v) is 4.97. The molecule has 2 aromatic rings. The maximum absolute atomic E-state index is 12.5. The van der Waals surface area contributed by atoms with Crippen LogP contribution < -0.4 is 20.9 Å². The number of rotatable bonds is 3. The van der Waals surface area contributed by atoms with Gasteiger partial charge in [-0.1, -0.05) is 18.2 Å². The van der Waals surface area contributed by atoms with Gasteiger partial charge in [0.1, 0.15) is 0 Å². The van der Waals surface area contributed by atoms with Crippen LogP contribution in [0.2, 0.25) is 0 Å². The van der Waals surface area contributed by atoms with E-state index in [1.165, 1.54) is 11.1 Å². The summed E-state index contributed by atoms with van der Waals surface area (Å²) in [4.78, 5) is 26.4. The van der Waals surface area contributed by atoms with E-state index in [1.54, 1.807) is 12.1 Å². The Morgan fingerprint density at radius 1 is 1.15 bits per heavy atom. The lowest BCUT2D eigenvalue weighted by molar-refractivity contribution is -0.115. The summed E-state index contributed by atoms with van der Waals surface area (Å²) in [7, 11) is 1.95. The molecule has 0 unspecified atom stereocenters. The average Bonchev–Trinajstić information content (AvgIpc) is 3.06. The zero-order valence-electron chi connectivity index (χ0n) is 14.8. The van der Waals surface area contributed by atoms with Crippen molar-refractivity contribution in [2.45, 2.75) is 26.1 Å². The first-order chi connectivity index (χ1) is 12.6. The van der Waals surface area contributed by atoms with Gasteiger partial charge < -0.3 is 20.9 Å². The number of amides is 2. The highest BCUT2D eigenvalue weighted by Crippen LogP contribution is 2.29. The number of benzene rings is 2. The van der Waals surface area contributed by atoms with Gasteiger partial charge in [0.15, 0.2) is 0 Å². The molecule has 134 valence electrons. The highest BCUT2D eigenvalue weighted by atomic mass is 16.2. The molecule has 3 N–H and O–H groups in total. The van der Waals surface area contributed by atoms with Crippen LogP contribution in [0.15, 0.2) is 36.4 Å². The summed E-state index contributed by atoms with van der Waals surface area (Å²) < 4.78 is 0. The quantitative estimate of drug-likeness (QED) is 0.792. The average molecular weight is 350 g/mol. The molecular formula is C20H22N4O2. The monoisotopic (exact) mass is 350 g/mol. The Balaban J connectivity index is 1.47. The van der Waals surface area contributed by atoms with Crippen LogP contribution in [0.3, 0.4) is 0 Å². The number of carbonyl (C=O) groups is 2. The molecule has 26 heavy (non-hydrogen) atoms. The van der Waals surface area contributed by atoms with E-state index in [4.69, 9.17) is 0 Å². The molecule has 6 heteroatoms. The largest absolute Gasteiger partial charge is 0.372 e. The van der Waals surface area contributed by atoms with Gasteiger partial charge in [0.2, 0.25) is 5.91 Å². The first kappa shape index (κ1) is 16.6. The van der Waals surface area contributed by atoms with E-state index in [0.29, 0.717) is 30.8 Å². The number of hydrogen-bond donors (Lipinski definition) is 3. The molecule has 4 rings (SSSR count). The molecule has 0 atom stereocenters. The Labute approximate surface area is 152 Å². The third-order valence-electron chi connectivity index (χ3n) is 4.97. The summed E-state index contributed by atoms with van der Waals surface area (Å²) >= 11 is 0. The summed E-state index contributed by atoms with van der Waals surface area (Å²) in [6.07, 6.45) is 0.444. The molecule has 6 nitrogen and oxygen atoms in total. The van der Waals surface area contributed by atoms with Gasteiger partial charge in [0.05, 0.1) is 11.4 Å². The molecule has 0 aliphatic carbocycles. The Morgan fingerprint density at radius 2 is 2.00 bits per heavy atom. The Bertz CT molecular complexity index is 878. The van der Waals surface area contributed by atoms with Crippen molar-refractivity contribution in [1.29, 1.82) is 0 Å². The lowest BCUT2D eigenvalue weighted by Gasteiger charge is -2.18. The number of nitrogens with one attached hydrogen (secondary N) is 3. The van der Waals surface area contributed by atoms with Crippen molar-refractivity contribution in [2.75, 3.05) is 23.8 Å². The van der Waals surface area contributed by atoms with Gasteiger partial charge in [0, 0.05) is 45.2 Å². The fraction of sp³-hybridized carbons (Fsp3) is 0.300.